The lowest BCUT2D eigenvalue weighted by atomic mass is 10.0. The number of ketones is 1. The van der Waals surface area contributed by atoms with Gasteiger partial charge in [0, 0.05) is 32.3 Å². The van der Waals surface area contributed by atoms with Crippen molar-refractivity contribution in [1.29, 1.82) is 0 Å². The van der Waals surface area contributed by atoms with Crippen molar-refractivity contribution in [3.05, 3.63) is 33.9 Å². The van der Waals surface area contributed by atoms with Crippen LogP contribution in [0.15, 0.2) is 6.20 Å². The zero-order valence-electron chi connectivity index (χ0n) is 10.9. The van der Waals surface area contributed by atoms with Gasteiger partial charge < -0.3 is 0 Å². The zero-order valence-corrected chi connectivity index (χ0v) is 11.6. The average Bonchev–Trinajstić information content (AvgIpc) is 2.73. The number of hydrogen-bond donors (Lipinski definition) is 0. The predicted molar refractivity (Wildman–Crippen MR) is 68.9 cm³/mol. The third-order valence-electron chi connectivity index (χ3n) is 2.92. The molecule has 0 N–H and O–H groups in total. The van der Waals surface area contributed by atoms with Crippen molar-refractivity contribution in [3.8, 4) is 0 Å². The second-order valence-corrected chi connectivity index (χ2v) is 4.74. The summed E-state index contributed by atoms with van der Waals surface area (Å²) in [5.74, 6) is 0.0126. The highest BCUT2D eigenvalue weighted by molar-refractivity contribution is 6.30. The number of Topliss-reactive ketones (excluding diaryl/α,β-unsaturated/α-hetero) is 1. The molecule has 5 nitrogen and oxygen atoms in total. The van der Waals surface area contributed by atoms with E-state index in [1.54, 1.807) is 29.7 Å². The van der Waals surface area contributed by atoms with Crippen LogP contribution in [0.2, 0.25) is 5.15 Å². The quantitative estimate of drug-likeness (QED) is 0.797. The van der Waals surface area contributed by atoms with Crippen LogP contribution in [0.5, 0.6) is 0 Å². The van der Waals surface area contributed by atoms with Crippen LogP contribution in [0.25, 0.3) is 0 Å². The molecule has 18 heavy (non-hydrogen) atoms. The third kappa shape index (κ3) is 2.18. The van der Waals surface area contributed by atoms with Gasteiger partial charge in [0.2, 0.25) is 0 Å². The van der Waals surface area contributed by atoms with E-state index in [9.17, 15) is 4.79 Å². The molecule has 0 atom stereocenters. The van der Waals surface area contributed by atoms with E-state index >= 15 is 0 Å². The van der Waals surface area contributed by atoms with Crippen LogP contribution in [0, 0.1) is 13.8 Å². The number of aromatic nitrogens is 4. The third-order valence-corrected chi connectivity index (χ3v) is 3.39. The maximum Gasteiger partial charge on any atom is 0.170 e. The molecule has 0 fully saturated rings. The van der Waals surface area contributed by atoms with Crippen molar-refractivity contribution in [1.82, 2.24) is 19.6 Å². The Hall–Kier alpha value is -1.62. The number of rotatable bonds is 3. The van der Waals surface area contributed by atoms with E-state index in [1.807, 2.05) is 13.8 Å². The van der Waals surface area contributed by atoms with Crippen molar-refractivity contribution < 1.29 is 4.79 Å². The molecule has 0 unspecified atom stereocenters. The van der Waals surface area contributed by atoms with Gasteiger partial charge >= 0.3 is 0 Å². The molecule has 0 radical (unpaired) electrons. The van der Waals surface area contributed by atoms with Gasteiger partial charge in [0.05, 0.1) is 17.0 Å². The molecule has 0 bridgehead atoms. The smallest absolute Gasteiger partial charge is 0.170 e. The monoisotopic (exact) mass is 266 g/mol. The van der Waals surface area contributed by atoms with Crippen LogP contribution in [0.1, 0.15) is 27.3 Å². The Morgan fingerprint density at radius 1 is 1.28 bits per heavy atom. The Bertz CT molecular complexity index is 612. The molecular formula is C12H15ClN4O. The van der Waals surface area contributed by atoms with E-state index in [0.29, 0.717) is 10.7 Å². The molecule has 0 aliphatic rings. The molecule has 0 saturated heterocycles. The maximum atomic E-state index is 12.2. The largest absolute Gasteiger partial charge is 0.294 e. The fourth-order valence-corrected chi connectivity index (χ4v) is 2.25. The van der Waals surface area contributed by atoms with Gasteiger partial charge in [-0.2, -0.15) is 10.2 Å². The predicted octanol–water partition coefficient (Wildman–Crippen LogP) is 1.85. The molecule has 2 rings (SSSR count). The second kappa shape index (κ2) is 4.57. The first-order chi connectivity index (χ1) is 8.40. The van der Waals surface area contributed by atoms with Crippen molar-refractivity contribution >= 4 is 17.4 Å². The van der Waals surface area contributed by atoms with Gasteiger partial charge in [-0.15, -0.1) is 0 Å². The summed E-state index contributed by atoms with van der Waals surface area (Å²) in [7, 11) is 3.56. The van der Waals surface area contributed by atoms with Crippen molar-refractivity contribution in [3.63, 3.8) is 0 Å². The fraction of sp³-hybridized carbons (Fsp3) is 0.417. The van der Waals surface area contributed by atoms with Crippen LogP contribution in [-0.4, -0.2) is 25.3 Å². The SMILES string of the molecule is Cc1nn(C)cc1C(=O)Cc1c(C)nn(C)c1Cl. The van der Waals surface area contributed by atoms with Crippen LogP contribution >= 0.6 is 11.6 Å². The molecule has 2 heterocycles. The summed E-state index contributed by atoms with van der Waals surface area (Å²) in [5, 5.41) is 8.88. The Labute approximate surface area is 110 Å². The van der Waals surface area contributed by atoms with Crippen LogP contribution in [0.3, 0.4) is 0 Å². The molecule has 0 aromatic carbocycles. The van der Waals surface area contributed by atoms with E-state index in [4.69, 9.17) is 11.6 Å². The molecule has 2 aromatic heterocycles. The molecule has 0 saturated carbocycles. The fourth-order valence-electron chi connectivity index (χ4n) is 2.00. The highest BCUT2D eigenvalue weighted by Crippen LogP contribution is 2.21. The van der Waals surface area contributed by atoms with Crippen LogP contribution in [0.4, 0.5) is 0 Å². The van der Waals surface area contributed by atoms with Gasteiger partial charge in [0.15, 0.2) is 5.78 Å². The molecule has 96 valence electrons. The van der Waals surface area contributed by atoms with Gasteiger partial charge in [0.25, 0.3) is 0 Å². The molecule has 0 spiro atoms. The van der Waals surface area contributed by atoms with E-state index in [-0.39, 0.29) is 12.2 Å². The summed E-state index contributed by atoms with van der Waals surface area (Å²) in [6.07, 6.45) is 1.99. The van der Waals surface area contributed by atoms with Crippen molar-refractivity contribution in [2.45, 2.75) is 20.3 Å². The lowest BCUT2D eigenvalue weighted by Gasteiger charge is -1.99. The summed E-state index contributed by atoms with van der Waals surface area (Å²) >= 11 is 6.12. The van der Waals surface area contributed by atoms with Crippen LogP contribution < -0.4 is 0 Å². The minimum Gasteiger partial charge on any atom is -0.294 e. The normalized spacial score (nSPS) is 10.9. The Morgan fingerprint density at radius 2 is 1.94 bits per heavy atom. The van der Waals surface area contributed by atoms with E-state index < -0.39 is 0 Å². The van der Waals surface area contributed by atoms with E-state index in [2.05, 4.69) is 10.2 Å². The number of nitrogens with zero attached hydrogens (tertiary/aromatic N) is 4. The summed E-state index contributed by atoms with van der Waals surface area (Å²) in [5.41, 5.74) is 2.95. The molecule has 0 amide bonds. The summed E-state index contributed by atoms with van der Waals surface area (Å²) in [4.78, 5) is 12.2. The number of carbonyl (C=O) groups is 1. The Balaban J connectivity index is 2.29. The van der Waals surface area contributed by atoms with Gasteiger partial charge in [-0.3, -0.25) is 14.2 Å². The number of carbonyl (C=O) groups excluding carboxylic acids is 1. The minimum absolute atomic E-state index is 0.0126. The first kappa shape index (κ1) is 12.8. The van der Waals surface area contributed by atoms with Gasteiger partial charge in [-0.25, -0.2) is 0 Å². The summed E-state index contributed by atoms with van der Waals surface area (Å²) in [6, 6.07) is 0. The Kier molecular flexibility index (Phi) is 3.26. The number of hydrogen-bond acceptors (Lipinski definition) is 3. The topological polar surface area (TPSA) is 52.7 Å². The zero-order chi connectivity index (χ0) is 13.4. The van der Waals surface area contributed by atoms with Crippen LogP contribution in [-0.2, 0) is 20.5 Å². The van der Waals surface area contributed by atoms with E-state index in [0.717, 1.165) is 17.0 Å². The highest BCUT2D eigenvalue weighted by Gasteiger charge is 2.18. The molecular weight excluding hydrogens is 252 g/mol. The minimum atomic E-state index is 0.0126. The second-order valence-electron chi connectivity index (χ2n) is 4.38. The standard InChI is InChI=1S/C12H15ClN4O/c1-7-9(12(13)17(4)15-7)5-11(18)10-6-16(3)14-8(10)2/h6H,5H2,1-4H3. The number of aryl methyl sites for hydroxylation is 4. The summed E-state index contributed by atoms with van der Waals surface area (Å²) < 4.78 is 3.22. The Morgan fingerprint density at radius 3 is 2.39 bits per heavy atom. The van der Waals surface area contributed by atoms with Gasteiger partial charge in [-0.1, -0.05) is 11.6 Å². The average molecular weight is 267 g/mol. The van der Waals surface area contributed by atoms with Gasteiger partial charge in [-0.05, 0) is 13.8 Å². The lowest BCUT2D eigenvalue weighted by Crippen LogP contribution is -2.05. The summed E-state index contributed by atoms with van der Waals surface area (Å²) in [6.45, 7) is 3.68. The first-order valence-electron chi connectivity index (χ1n) is 5.61. The first-order valence-corrected chi connectivity index (χ1v) is 5.99. The van der Waals surface area contributed by atoms with E-state index in [1.165, 1.54) is 0 Å². The molecule has 2 aromatic rings. The molecule has 0 aliphatic heterocycles. The lowest BCUT2D eigenvalue weighted by molar-refractivity contribution is 0.0992. The highest BCUT2D eigenvalue weighted by atomic mass is 35.5. The maximum absolute atomic E-state index is 12.2. The van der Waals surface area contributed by atoms with Gasteiger partial charge in [0.1, 0.15) is 5.15 Å². The molecule has 0 aliphatic carbocycles. The number of halogens is 1. The molecule has 6 heteroatoms. The van der Waals surface area contributed by atoms with Crippen molar-refractivity contribution in [2.75, 3.05) is 0 Å². The van der Waals surface area contributed by atoms with Crippen molar-refractivity contribution in [2.24, 2.45) is 14.1 Å².